The number of aromatic nitrogens is 1. The second-order valence-corrected chi connectivity index (χ2v) is 6.97. The minimum atomic E-state index is -0.585. The summed E-state index contributed by atoms with van der Waals surface area (Å²) in [6, 6.07) is 0. The Morgan fingerprint density at radius 2 is 2.50 bits per heavy atom. The molecule has 0 bridgehead atoms. The fourth-order valence-corrected chi connectivity index (χ4v) is 4.10. The van der Waals surface area contributed by atoms with Crippen molar-refractivity contribution in [2.24, 2.45) is 5.92 Å². The van der Waals surface area contributed by atoms with Crippen LogP contribution >= 0.6 is 39.5 Å². The number of ether oxygens (including phenoxy) is 1. The van der Waals surface area contributed by atoms with Gasteiger partial charge in [-0.25, -0.2) is 4.98 Å². The topological polar surface area (TPSA) is 66.4 Å². The van der Waals surface area contributed by atoms with Gasteiger partial charge in [-0.3, -0.25) is 0 Å². The predicted molar refractivity (Wildman–Crippen MR) is 86.9 cm³/mol. The third-order valence-corrected chi connectivity index (χ3v) is 5.59. The Bertz CT molecular complexity index is 485. The maximum atomic E-state index is 9.80. The number of hydrogen-bond acceptors (Lipinski definition) is 5. The summed E-state index contributed by atoms with van der Waals surface area (Å²) in [5.74, 6) is -0.00407. The van der Waals surface area contributed by atoms with Gasteiger partial charge in [-0.1, -0.05) is 0 Å². The first-order chi connectivity index (χ1) is 9.51. The molecule has 8 heteroatoms. The van der Waals surface area contributed by atoms with Crippen molar-refractivity contribution >= 4 is 44.6 Å². The van der Waals surface area contributed by atoms with Crippen LogP contribution in [0.5, 0.6) is 0 Å². The second-order valence-electron chi connectivity index (χ2n) is 4.89. The van der Waals surface area contributed by atoms with E-state index in [1.54, 1.807) is 7.05 Å². The highest BCUT2D eigenvalue weighted by molar-refractivity contribution is 9.10. The molecule has 1 fully saturated rings. The molecule has 2 rings (SSSR count). The van der Waals surface area contributed by atoms with Gasteiger partial charge in [-0.15, -0.1) is 11.3 Å². The Labute approximate surface area is 136 Å². The lowest BCUT2D eigenvalue weighted by Gasteiger charge is -2.44. The Balaban J connectivity index is 2.39. The SMILES string of the molecule is CNC(=S)N[C@@]1(c2nc(Br)cs2)CO[C@@H](C)C[C@H]1CO. The van der Waals surface area contributed by atoms with E-state index in [0.717, 1.165) is 16.0 Å². The lowest BCUT2D eigenvalue weighted by atomic mass is 9.79. The summed E-state index contributed by atoms with van der Waals surface area (Å²) in [5, 5.41) is 19.3. The molecule has 1 saturated heterocycles. The van der Waals surface area contributed by atoms with E-state index < -0.39 is 5.54 Å². The number of hydrogen-bond donors (Lipinski definition) is 3. The Hall–Kier alpha value is -0.280. The molecule has 1 aromatic heterocycles. The van der Waals surface area contributed by atoms with Gasteiger partial charge in [0.1, 0.15) is 15.1 Å². The van der Waals surface area contributed by atoms with E-state index in [1.807, 2.05) is 12.3 Å². The van der Waals surface area contributed by atoms with Crippen molar-refractivity contribution in [2.45, 2.75) is 25.0 Å². The van der Waals surface area contributed by atoms with Crippen LogP contribution in [0, 0.1) is 5.92 Å². The van der Waals surface area contributed by atoms with E-state index in [4.69, 9.17) is 17.0 Å². The van der Waals surface area contributed by atoms with Gasteiger partial charge in [-0.05, 0) is 41.5 Å². The number of aliphatic hydroxyl groups excluding tert-OH is 1. The summed E-state index contributed by atoms with van der Waals surface area (Å²) in [6.07, 6.45) is 0.876. The zero-order chi connectivity index (χ0) is 14.8. The van der Waals surface area contributed by atoms with Gasteiger partial charge in [-0.2, -0.15) is 0 Å². The highest BCUT2D eigenvalue weighted by Gasteiger charge is 2.47. The van der Waals surface area contributed by atoms with Crippen molar-refractivity contribution in [2.75, 3.05) is 20.3 Å². The molecule has 2 heterocycles. The standard InChI is InChI=1S/C12H18BrN3O2S2/c1-7-3-8(4-17)12(6-18-7,16-11(19)14-2)10-15-9(13)5-20-10/h5,7-8,17H,3-4,6H2,1-2H3,(H2,14,16,19)/t7-,8-,12-/m0/s1. The zero-order valence-corrected chi connectivity index (χ0v) is 14.6. The molecular weight excluding hydrogens is 362 g/mol. The van der Waals surface area contributed by atoms with Crippen molar-refractivity contribution in [1.29, 1.82) is 0 Å². The van der Waals surface area contributed by atoms with Crippen molar-refractivity contribution in [3.05, 3.63) is 15.0 Å². The number of halogens is 1. The van der Waals surface area contributed by atoms with Crippen molar-refractivity contribution in [3.8, 4) is 0 Å². The van der Waals surface area contributed by atoms with Crippen LogP contribution in [0.15, 0.2) is 9.98 Å². The summed E-state index contributed by atoms with van der Waals surface area (Å²) >= 11 is 10.2. The molecule has 0 spiro atoms. The average molecular weight is 380 g/mol. The van der Waals surface area contributed by atoms with E-state index in [0.29, 0.717) is 11.7 Å². The quantitative estimate of drug-likeness (QED) is 0.693. The lowest BCUT2D eigenvalue weighted by Crippen LogP contribution is -2.60. The monoisotopic (exact) mass is 379 g/mol. The van der Waals surface area contributed by atoms with E-state index in [9.17, 15) is 5.11 Å². The fourth-order valence-electron chi connectivity index (χ4n) is 2.44. The number of nitrogens with one attached hydrogen (secondary N) is 2. The first-order valence-electron chi connectivity index (χ1n) is 6.35. The second kappa shape index (κ2) is 6.65. The number of rotatable bonds is 3. The molecule has 0 aromatic carbocycles. The number of thiazole rings is 1. The lowest BCUT2D eigenvalue weighted by molar-refractivity contribution is -0.0748. The van der Waals surface area contributed by atoms with Gasteiger partial charge in [0.2, 0.25) is 0 Å². The van der Waals surface area contributed by atoms with Gasteiger partial charge in [0.25, 0.3) is 0 Å². The van der Waals surface area contributed by atoms with Crippen molar-refractivity contribution in [1.82, 2.24) is 15.6 Å². The Kier molecular flexibility index (Phi) is 5.36. The maximum absolute atomic E-state index is 9.80. The molecule has 1 aromatic rings. The molecule has 0 amide bonds. The predicted octanol–water partition coefficient (Wildman–Crippen LogP) is 1.61. The van der Waals surface area contributed by atoms with E-state index in [2.05, 4.69) is 31.5 Å². The summed E-state index contributed by atoms with van der Waals surface area (Å²) in [7, 11) is 1.76. The highest BCUT2D eigenvalue weighted by atomic mass is 79.9. The fraction of sp³-hybridized carbons (Fsp3) is 0.667. The third kappa shape index (κ3) is 3.14. The molecular formula is C12H18BrN3O2S2. The summed E-state index contributed by atoms with van der Waals surface area (Å²) in [4.78, 5) is 4.51. The summed E-state index contributed by atoms with van der Waals surface area (Å²) in [5.41, 5.74) is -0.585. The first kappa shape index (κ1) is 16.1. The molecule has 0 saturated carbocycles. The number of thiocarbonyl (C=S) groups is 1. The summed E-state index contributed by atoms with van der Waals surface area (Å²) in [6.45, 7) is 2.51. The van der Waals surface area contributed by atoms with Crippen LogP contribution in [0.2, 0.25) is 0 Å². The van der Waals surface area contributed by atoms with E-state index in [1.165, 1.54) is 11.3 Å². The largest absolute Gasteiger partial charge is 0.396 e. The van der Waals surface area contributed by atoms with Crippen LogP contribution in [0.4, 0.5) is 0 Å². The van der Waals surface area contributed by atoms with Gasteiger partial charge in [0, 0.05) is 25.0 Å². The third-order valence-electron chi connectivity index (χ3n) is 3.55. The Morgan fingerprint density at radius 3 is 3.05 bits per heavy atom. The highest BCUT2D eigenvalue weighted by Crippen LogP contribution is 2.39. The molecule has 20 heavy (non-hydrogen) atoms. The zero-order valence-electron chi connectivity index (χ0n) is 11.4. The minimum absolute atomic E-state index is 0.00407. The van der Waals surface area contributed by atoms with Gasteiger partial charge in [0.05, 0.1) is 12.7 Å². The van der Waals surface area contributed by atoms with E-state index >= 15 is 0 Å². The molecule has 0 radical (unpaired) electrons. The number of nitrogens with zero attached hydrogens (tertiary/aromatic N) is 1. The summed E-state index contributed by atoms with van der Waals surface area (Å²) < 4.78 is 6.61. The van der Waals surface area contributed by atoms with Crippen LogP contribution in [0.25, 0.3) is 0 Å². The van der Waals surface area contributed by atoms with Gasteiger partial charge < -0.3 is 20.5 Å². The average Bonchev–Trinajstić information content (AvgIpc) is 2.87. The molecule has 0 unspecified atom stereocenters. The molecule has 1 aliphatic heterocycles. The molecule has 5 nitrogen and oxygen atoms in total. The van der Waals surface area contributed by atoms with Gasteiger partial charge in [0.15, 0.2) is 5.11 Å². The first-order valence-corrected chi connectivity index (χ1v) is 8.43. The Morgan fingerprint density at radius 1 is 1.75 bits per heavy atom. The van der Waals surface area contributed by atoms with E-state index in [-0.39, 0.29) is 18.6 Å². The molecule has 0 aliphatic carbocycles. The van der Waals surface area contributed by atoms with Gasteiger partial charge >= 0.3 is 0 Å². The van der Waals surface area contributed by atoms with Crippen LogP contribution in [0.1, 0.15) is 18.4 Å². The molecule has 3 N–H and O–H groups in total. The van der Waals surface area contributed by atoms with Crippen LogP contribution < -0.4 is 10.6 Å². The van der Waals surface area contributed by atoms with Crippen LogP contribution in [0.3, 0.4) is 0 Å². The van der Waals surface area contributed by atoms with Crippen LogP contribution in [-0.2, 0) is 10.3 Å². The molecule has 1 aliphatic rings. The van der Waals surface area contributed by atoms with Crippen molar-refractivity contribution < 1.29 is 9.84 Å². The van der Waals surface area contributed by atoms with Crippen molar-refractivity contribution in [3.63, 3.8) is 0 Å². The smallest absolute Gasteiger partial charge is 0.166 e. The maximum Gasteiger partial charge on any atom is 0.166 e. The number of aliphatic hydroxyl groups is 1. The molecule has 3 atom stereocenters. The van der Waals surface area contributed by atoms with Crippen LogP contribution in [-0.4, -0.2) is 41.6 Å². The normalized spacial score (nSPS) is 30.0. The minimum Gasteiger partial charge on any atom is -0.396 e. The molecule has 112 valence electrons.